The van der Waals surface area contributed by atoms with Crippen LogP contribution in [0.25, 0.3) is 16.5 Å². The lowest BCUT2D eigenvalue weighted by atomic mass is 10.00. The minimum atomic E-state index is -4.45. The van der Waals surface area contributed by atoms with E-state index in [0.29, 0.717) is 40.7 Å². The van der Waals surface area contributed by atoms with Crippen molar-refractivity contribution in [2.45, 2.75) is 26.1 Å². The minimum Gasteiger partial charge on any atom is -0.488 e. The number of allylic oxidation sites excluding steroid dienone is 3. The fourth-order valence-corrected chi connectivity index (χ4v) is 3.73. The maximum absolute atomic E-state index is 13.5. The number of carboxylic acids is 1. The van der Waals surface area contributed by atoms with E-state index in [-0.39, 0.29) is 18.6 Å². The van der Waals surface area contributed by atoms with Gasteiger partial charge in [-0.1, -0.05) is 30.3 Å². The molecule has 0 aliphatic heterocycles. The third-order valence-electron chi connectivity index (χ3n) is 5.22. The van der Waals surface area contributed by atoms with E-state index in [1.165, 1.54) is 17.8 Å². The van der Waals surface area contributed by atoms with Crippen LogP contribution in [-0.2, 0) is 11.3 Å². The van der Waals surface area contributed by atoms with E-state index >= 15 is 0 Å². The summed E-state index contributed by atoms with van der Waals surface area (Å²) in [5.74, 6) is 0.344. The summed E-state index contributed by atoms with van der Waals surface area (Å²) in [7, 11) is 0. The van der Waals surface area contributed by atoms with Crippen molar-refractivity contribution in [1.29, 1.82) is 0 Å². The Morgan fingerprint density at radius 2 is 1.91 bits per heavy atom. The monoisotopic (exact) mass is 505 g/mol. The number of halogens is 3. The van der Waals surface area contributed by atoms with Gasteiger partial charge in [-0.05, 0) is 54.7 Å². The van der Waals surface area contributed by atoms with Crippen molar-refractivity contribution >= 4 is 34.3 Å². The van der Waals surface area contributed by atoms with Gasteiger partial charge in [0.2, 0.25) is 0 Å². The van der Waals surface area contributed by atoms with E-state index in [2.05, 4.69) is 5.32 Å². The number of hydrogen-bond acceptors (Lipinski definition) is 5. The molecule has 0 aliphatic rings. The molecule has 2 N–H and O–H groups in total. The largest absolute Gasteiger partial charge is 0.488 e. The Morgan fingerprint density at radius 1 is 1.17 bits per heavy atom. The molecule has 1 heterocycles. The summed E-state index contributed by atoms with van der Waals surface area (Å²) in [6, 6.07) is 15.6. The Bertz CT molecular complexity index is 1220. The molecule has 0 spiro atoms. The van der Waals surface area contributed by atoms with Crippen LogP contribution < -0.4 is 10.1 Å². The summed E-state index contributed by atoms with van der Waals surface area (Å²) in [6.45, 7) is 1.91. The number of fused-ring (bicyclic) bond motifs is 1. The third-order valence-corrected chi connectivity index (χ3v) is 5.98. The first-order valence-electron chi connectivity index (χ1n) is 10.8. The van der Waals surface area contributed by atoms with Crippen LogP contribution in [-0.4, -0.2) is 36.7 Å². The predicted octanol–water partition coefficient (Wildman–Crippen LogP) is 6.66. The summed E-state index contributed by atoms with van der Waals surface area (Å²) >= 11 is 1.33. The SMILES string of the molecule is CS/C(=C\C(=C(/C)C(F)(F)F)c1ccccc1)COc1ccc2oc(CNCCC(=O)O)cc2c1. The van der Waals surface area contributed by atoms with Gasteiger partial charge in [0.15, 0.2) is 0 Å². The first-order valence-corrected chi connectivity index (χ1v) is 12.1. The second-order valence-corrected chi connectivity index (χ2v) is 8.67. The molecule has 3 aromatic rings. The van der Waals surface area contributed by atoms with E-state index in [4.69, 9.17) is 14.3 Å². The number of aliphatic carboxylic acids is 1. The summed E-state index contributed by atoms with van der Waals surface area (Å²) in [5, 5.41) is 12.5. The molecule has 0 unspecified atom stereocenters. The zero-order valence-corrected chi connectivity index (χ0v) is 20.1. The molecule has 186 valence electrons. The molecule has 0 radical (unpaired) electrons. The zero-order valence-electron chi connectivity index (χ0n) is 19.3. The Labute approximate surface area is 205 Å². The molecule has 0 bridgehead atoms. The van der Waals surface area contributed by atoms with Crippen molar-refractivity contribution in [2.75, 3.05) is 19.4 Å². The van der Waals surface area contributed by atoms with E-state index < -0.39 is 17.7 Å². The van der Waals surface area contributed by atoms with Gasteiger partial charge in [0.1, 0.15) is 23.7 Å². The van der Waals surface area contributed by atoms with E-state index in [1.54, 1.807) is 54.8 Å². The summed E-state index contributed by atoms with van der Waals surface area (Å²) in [5.41, 5.74) is 0.581. The zero-order chi connectivity index (χ0) is 25.4. The average Bonchev–Trinajstić information content (AvgIpc) is 3.23. The van der Waals surface area contributed by atoms with Crippen LogP contribution in [0.3, 0.4) is 0 Å². The molecule has 0 atom stereocenters. The lowest BCUT2D eigenvalue weighted by Crippen LogP contribution is -2.17. The summed E-state index contributed by atoms with van der Waals surface area (Å²) in [6.07, 6.45) is -1.10. The molecule has 0 amide bonds. The summed E-state index contributed by atoms with van der Waals surface area (Å²) in [4.78, 5) is 11.2. The molecule has 0 saturated heterocycles. The first kappa shape index (κ1) is 26.4. The van der Waals surface area contributed by atoms with Crippen LogP contribution in [0.1, 0.15) is 24.7 Å². The molecular weight excluding hydrogens is 479 g/mol. The van der Waals surface area contributed by atoms with Crippen LogP contribution in [0.4, 0.5) is 13.2 Å². The lowest BCUT2D eigenvalue weighted by molar-refractivity contribution is -0.136. The Kier molecular flexibility index (Phi) is 9.06. The number of nitrogens with one attached hydrogen (secondary N) is 1. The number of carboxylic acid groups (broad SMARTS) is 1. The highest BCUT2D eigenvalue weighted by atomic mass is 32.2. The standard InChI is InChI=1S/C26H26F3NO4S/c1-17(26(27,28)29)23(18-6-4-3-5-7-18)14-22(35-2)16-33-20-8-9-24-19(12-20)13-21(34-24)15-30-11-10-25(31)32/h3-9,12-14,30H,10-11,15-16H2,1-2H3,(H,31,32)/b22-14-,23-17-. The van der Waals surface area contributed by atoms with Gasteiger partial charge in [0.05, 0.1) is 13.0 Å². The molecule has 0 fully saturated rings. The van der Waals surface area contributed by atoms with Crippen molar-refractivity contribution in [3.8, 4) is 5.75 Å². The van der Waals surface area contributed by atoms with Gasteiger partial charge in [-0.2, -0.15) is 13.2 Å². The number of alkyl halides is 3. The van der Waals surface area contributed by atoms with Gasteiger partial charge in [0, 0.05) is 22.4 Å². The number of hydrogen-bond donors (Lipinski definition) is 2. The molecule has 2 aromatic carbocycles. The second kappa shape index (κ2) is 12.0. The highest BCUT2D eigenvalue weighted by Crippen LogP contribution is 2.34. The van der Waals surface area contributed by atoms with Gasteiger partial charge in [-0.15, -0.1) is 11.8 Å². The highest BCUT2D eigenvalue weighted by Gasteiger charge is 2.32. The van der Waals surface area contributed by atoms with Crippen LogP contribution >= 0.6 is 11.8 Å². The van der Waals surface area contributed by atoms with Gasteiger partial charge in [0.25, 0.3) is 0 Å². The maximum atomic E-state index is 13.5. The fraction of sp³-hybridized carbons (Fsp3) is 0.269. The fourth-order valence-electron chi connectivity index (χ4n) is 3.31. The molecule has 3 rings (SSSR count). The van der Waals surface area contributed by atoms with Crippen molar-refractivity contribution in [3.05, 3.63) is 82.5 Å². The molecule has 9 heteroatoms. The van der Waals surface area contributed by atoms with E-state index in [1.807, 2.05) is 6.07 Å². The minimum absolute atomic E-state index is 0.0210. The number of thioether (sulfide) groups is 1. The number of ether oxygens (including phenoxy) is 1. The quantitative estimate of drug-likeness (QED) is 0.224. The van der Waals surface area contributed by atoms with E-state index in [9.17, 15) is 18.0 Å². The van der Waals surface area contributed by atoms with Crippen molar-refractivity contribution in [3.63, 3.8) is 0 Å². The van der Waals surface area contributed by atoms with Crippen molar-refractivity contribution in [1.82, 2.24) is 5.32 Å². The van der Waals surface area contributed by atoms with E-state index in [0.717, 1.165) is 12.3 Å². The molecule has 5 nitrogen and oxygen atoms in total. The third kappa shape index (κ3) is 7.66. The Hall–Kier alpha value is -3.17. The maximum Gasteiger partial charge on any atom is 0.413 e. The summed E-state index contributed by atoms with van der Waals surface area (Å²) < 4.78 is 52.2. The number of furan rings is 1. The van der Waals surface area contributed by atoms with Crippen molar-refractivity contribution in [2.24, 2.45) is 0 Å². The van der Waals surface area contributed by atoms with Crippen LogP contribution in [0.5, 0.6) is 5.75 Å². The Balaban J connectivity index is 1.74. The number of carbonyl (C=O) groups is 1. The van der Waals surface area contributed by atoms with Gasteiger partial charge in [-0.25, -0.2) is 0 Å². The van der Waals surface area contributed by atoms with Gasteiger partial charge in [-0.3, -0.25) is 4.79 Å². The van der Waals surface area contributed by atoms with Crippen molar-refractivity contribution < 1.29 is 32.2 Å². The molecule has 0 aliphatic carbocycles. The lowest BCUT2D eigenvalue weighted by Gasteiger charge is -2.15. The highest BCUT2D eigenvalue weighted by molar-refractivity contribution is 8.02. The smallest absolute Gasteiger partial charge is 0.413 e. The number of benzene rings is 2. The Morgan fingerprint density at radius 3 is 2.57 bits per heavy atom. The number of rotatable bonds is 11. The van der Waals surface area contributed by atoms with Crippen LogP contribution in [0, 0.1) is 0 Å². The molecule has 0 saturated carbocycles. The van der Waals surface area contributed by atoms with Crippen LogP contribution in [0.2, 0.25) is 0 Å². The van der Waals surface area contributed by atoms with Gasteiger partial charge >= 0.3 is 12.1 Å². The topological polar surface area (TPSA) is 71.7 Å². The first-order chi connectivity index (χ1) is 16.7. The molecule has 35 heavy (non-hydrogen) atoms. The molecule has 1 aromatic heterocycles. The van der Waals surface area contributed by atoms with Gasteiger partial charge < -0.3 is 19.6 Å². The van der Waals surface area contributed by atoms with Crippen LogP contribution in [0.15, 0.2) is 75.6 Å². The predicted molar refractivity (Wildman–Crippen MR) is 132 cm³/mol. The normalized spacial score (nSPS) is 13.1. The second-order valence-electron chi connectivity index (χ2n) is 7.74. The average molecular weight is 506 g/mol. The molecular formula is C26H26F3NO4S.